The zero-order chi connectivity index (χ0) is 2.00. The summed E-state index contributed by atoms with van der Waals surface area (Å²) in [5.74, 6) is 0. The van der Waals surface area contributed by atoms with Crippen LogP contribution in [-0.2, 0) is 19.8 Å². The maximum absolute atomic E-state index is 8.00. The molecule has 0 aliphatic heterocycles. The van der Waals surface area contributed by atoms with E-state index < -0.39 is 0 Å². The van der Waals surface area contributed by atoms with E-state index in [2.05, 4.69) is 0 Å². The molecule has 0 aromatic heterocycles. The van der Waals surface area contributed by atoms with Crippen molar-refractivity contribution in [2.45, 2.75) is 0 Å². The summed E-state index contributed by atoms with van der Waals surface area (Å²) < 4.78 is 8.00. The van der Waals surface area contributed by atoms with E-state index in [0.717, 1.165) is 0 Å². The van der Waals surface area contributed by atoms with Crippen molar-refractivity contribution in [1.82, 2.24) is 0 Å². The molecule has 0 unspecified atom stereocenters. The van der Waals surface area contributed by atoms with Crippen molar-refractivity contribution in [3.8, 4) is 0 Å². The van der Waals surface area contributed by atoms with Crippen LogP contribution in [0.15, 0.2) is 0 Å². The Bertz CT molecular complexity index is 6.85. The van der Waals surface area contributed by atoms with E-state index in [1.165, 1.54) is 0 Å². The Kier molecular flexibility index (Phi) is 1950. The second kappa shape index (κ2) is 201. The second-order valence-corrected chi connectivity index (χ2v) is 0. The van der Waals surface area contributed by atoms with Gasteiger partial charge in [0.25, 0.3) is 0 Å². The maximum atomic E-state index is 8.00. The zero-order valence-electron chi connectivity index (χ0n) is 2.17. The molecule has 4 N–H and O–H groups in total. The monoisotopic (exact) mass is 144 g/mol. The average molecular weight is 144 g/mol. The van der Waals surface area contributed by atoms with Gasteiger partial charge in [-0.25, -0.2) is 0 Å². The van der Waals surface area contributed by atoms with Crippen molar-refractivity contribution in [2.75, 3.05) is 0 Å². The number of hydrogen-bond acceptors (Lipinski definition) is 1. The molecular formula is H5ClFeO3. The van der Waals surface area contributed by atoms with E-state index in [1.54, 1.807) is 0 Å². The van der Waals surface area contributed by atoms with Crippen molar-refractivity contribution in [1.29, 1.82) is 0 Å². The molecule has 0 aliphatic carbocycles. The van der Waals surface area contributed by atoms with Crippen LogP contribution in [-0.4, -0.2) is 11.0 Å². The molecule has 0 rings (SSSR count). The van der Waals surface area contributed by atoms with E-state index >= 15 is 0 Å². The van der Waals surface area contributed by atoms with Gasteiger partial charge in [0.15, 0.2) is 0 Å². The molecule has 5 heteroatoms. The number of rotatable bonds is 0. The Morgan fingerprint density at radius 2 is 1.00 bits per heavy atom. The van der Waals surface area contributed by atoms with Crippen molar-refractivity contribution in [3.63, 3.8) is 0 Å². The molecule has 0 fully saturated rings. The molecule has 0 heterocycles. The molecule has 0 aromatic carbocycles. The zero-order valence-corrected chi connectivity index (χ0v) is 4.09. The summed E-state index contributed by atoms with van der Waals surface area (Å²) >= 11 is 2.00. The predicted molar refractivity (Wildman–Crippen MR) is 15.2 cm³/mol. The summed E-state index contributed by atoms with van der Waals surface area (Å²) in [5, 5.41) is 0. The molecule has 0 saturated carbocycles. The van der Waals surface area contributed by atoms with E-state index in [4.69, 9.17) is 3.83 Å². The Morgan fingerprint density at radius 1 is 1.00 bits per heavy atom. The van der Waals surface area contributed by atoms with Gasteiger partial charge < -0.3 is 11.0 Å². The summed E-state index contributed by atoms with van der Waals surface area (Å²) in [6.07, 6.45) is 0. The fourth-order valence-corrected chi connectivity index (χ4v) is 0. The molecule has 3 nitrogen and oxygen atoms in total. The first kappa shape index (κ1) is 48.5. The van der Waals surface area contributed by atoms with Gasteiger partial charge in [0.1, 0.15) is 0 Å². The average Bonchev–Trinajstić information content (AvgIpc) is 1.00. The second-order valence-electron chi connectivity index (χ2n) is 0. The summed E-state index contributed by atoms with van der Waals surface area (Å²) in [6, 6.07) is 0. The van der Waals surface area contributed by atoms with Gasteiger partial charge in [-0.2, -0.15) is 0 Å². The van der Waals surface area contributed by atoms with Crippen LogP contribution in [0.2, 0.25) is 0 Å². The van der Waals surface area contributed by atoms with E-state index in [-0.39, 0.29) is 23.4 Å². The molecule has 0 aromatic rings. The van der Waals surface area contributed by atoms with Crippen LogP contribution in [0.25, 0.3) is 0 Å². The summed E-state index contributed by atoms with van der Waals surface area (Å²) in [7, 11) is 0. The van der Waals surface area contributed by atoms with Gasteiger partial charge in [0.05, 0.1) is 0 Å². The molecule has 0 amide bonds. The molecule has 0 radical (unpaired) electrons. The summed E-state index contributed by atoms with van der Waals surface area (Å²) in [6.45, 7) is 0. The predicted octanol–water partition coefficient (Wildman–Crippen LogP) is -1.35. The first-order valence-corrected chi connectivity index (χ1v) is 0.595. The van der Waals surface area contributed by atoms with Gasteiger partial charge in [-0.05, 0) is 0 Å². The van der Waals surface area contributed by atoms with Crippen molar-refractivity contribution < 1.29 is 30.7 Å². The molecule has 0 bridgehead atoms. The van der Waals surface area contributed by atoms with Crippen LogP contribution >= 0.6 is 12.4 Å². The van der Waals surface area contributed by atoms with Crippen LogP contribution in [0.1, 0.15) is 0 Å². The minimum absolute atomic E-state index is 0. The number of hydrogen-bond donors (Lipinski definition) is 0. The molecule has 0 saturated heterocycles. The van der Waals surface area contributed by atoms with Crippen molar-refractivity contribution in [3.05, 3.63) is 0 Å². The first-order chi connectivity index (χ1) is 1.00. The molecule has 38 valence electrons. The topological polar surface area (TPSA) is 80.1 Å². The van der Waals surface area contributed by atoms with Gasteiger partial charge in [-0.15, -0.1) is 12.4 Å². The van der Waals surface area contributed by atoms with E-state index in [0.29, 0.717) is 0 Å². The van der Waals surface area contributed by atoms with Gasteiger partial charge >= 0.3 is 19.8 Å². The molecule has 5 heavy (non-hydrogen) atoms. The Labute approximate surface area is 43.8 Å². The van der Waals surface area contributed by atoms with Crippen LogP contribution in [0.3, 0.4) is 0 Å². The first-order valence-electron chi connectivity index (χ1n) is 0.144. The molecule has 0 spiro atoms. The molecular weight excluding hydrogens is 139 g/mol. The van der Waals surface area contributed by atoms with Crippen LogP contribution in [0.5, 0.6) is 0 Å². The summed E-state index contributed by atoms with van der Waals surface area (Å²) in [5.41, 5.74) is 0. The Balaban J connectivity index is -0.00000000167. The third-order valence-electron chi connectivity index (χ3n) is 0. The Hall–Kier alpha value is 0.529. The van der Waals surface area contributed by atoms with Gasteiger partial charge in [-0.1, -0.05) is 0 Å². The van der Waals surface area contributed by atoms with Crippen LogP contribution < -0.4 is 0 Å². The fourth-order valence-electron chi connectivity index (χ4n) is 0. The Morgan fingerprint density at radius 3 is 1.00 bits per heavy atom. The third-order valence-corrected chi connectivity index (χ3v) is 0. The van der Waals surface area contributed by atoms with Gasteiger partial charge in [0, 0.05) is 0 Å². The summed E-state index contributed by atoms with van der Waals surface area (Å²) in [4.78, 5) is 0. The van der Waals surface area contributed by atoms with Gasteiger partial charge in [-0.3, -0.25) is 0 Å². The van der Waals surface area contributed by atoms with Gasteiger partial charge in [0.2, 0.25) is 0 Å². The van der Waals surface area contributed by atoms with E-state index in [9.17, 15) is 0 Å². The third kappa shape index (κ3) is 103. The standard InChI is InChI=1S/ClH.Fe.2H2O.O/h1H;;2*1H2;. The van der Waals surface area contributed by atoms with Crippen LogP contribution in [0.4, 0.5) is 0 Å². The SMILES string of the molecule is Cl.O.O.[O]=[Fe]. The molecule has 0 atom stereocenters. The normalized spacial score (nSPS) is 1.00. The van der Waals surface area contributed by atoms with E-state index in [1.807, 2.05) is 15.9 Å². The number of halogens is 1. The van der Waals surface area contributed by atoms with Crippen molar-refractivity contribution in [2.24, 2.45) is 0 Å². The molecule has 0 aliphatic rings. The van der Waals surface area contributed by atoms with Crippen LogP contribution in [0, 0.1) is 0 Å². The van der Waals surface area contributed by atoms with Crippen molar-refractivity contribution >= 4 is 12.4 Å². The quantitative estimate of drug-likeness (QED) is 0.387. The minimum atomic E-state index is 0. The fraction of sp³-hybridized carbons (Fsp3) is 0.